The Kier molecular flexibility index (Phi) is 5.54. The Balaban J connectivity index is 1.46. The van der Waals surface area contributed by atoms with Gasteiger partial charge in [0.15, 0.2) is 5.82 Å². The fraction of sp³-hybridized carbons (Fsp3) is 0.833. The molecule has 24 heavy (non-hydrogen) atoms. The van der Waals surface area contributed by atoms with Gasteiger partial charge >= 0.3 is 0 Å². The molecule has 3 atom stereocenters. The molecule has 1 fully saturated rings. The summed E-state index contributed by atoms with van der Waals surface area (Å²) in [6.45, 7) is 8.32. The molecule has 0 unspecified atom stereocenters. The Morgan fingerprint density at radius 3 is 3.00 bits per heavy atom. The molecule has 2 heterocycles. The first-order valence-corrected chi connectivity index (χ1v) is 9.34. The van der Waals surface area contributed by atoms with E-state index in [-0.39, 0.29) is 18.6 Å². The van der Waals surface area contributed by atoms with Gasteiger partial charge in [0.1, 0.15) is 12.4 Å². The molecule has 6 nitrogen and oxygen atoms in total. The molecule has 0 spiro atoms. The smallest absolute Gasteiger partial charge is 0.246 e. The topological polar surface area (TPSA) is 69.0 Å². The predicted octanol–water partition coefficient (Wildman–Crippen LogP) is 2.32. The van der Waals surface area contributed by atoms with Gasteiger partial charge < -0.3 is 14.6 Å². The molecule has 1 aliphatic carbocycles. The van der Waals surface area contributed by atoms with E-state index in [9.17, 15) is 4.79 Å². The number of aryl methyl sites for hydroxylation is 1. The Morgan fingerprint density at radius 1 is 1.38 bits per heavy atom. The summed E-state index contributed by atoms with van der Waals surface area (Å²) in [5.74, 6) is 3.67. The van der Waals surface area contributed by atoms with Gasteiger partial charge in [0.25, 0.3) is 0 Å². The van der Waals surface area contributed by atoms with Gasteiger partial charge in [0, 0.05) is 13.0 Å². The van der Waals surface area contributed by atoms with Crippen LogP contribution in [0.4, 0.5) is 0 Å². The molecule has 0 radical (unpaired) electrons. The molecule has 0 saturated heterocycles. The number of nitrogens with one attached hydrogen (secondary N) is 1. The van der Waals surface area contributed by atoms with E-state index < -0.39 is 0 Å². The third-order valence-corrected chi connectivity index (χ3v) is 5.52. The minimum Gasteiger partial charge on any atom is -0.368 e. The zero-order valence-corrected chi connectivity index (χ0v) is 15.1. The van der Waals surface area contributed by atoms with Crippen LogP contribution in [0.25, 0.3) is 0 Å². The van der Waals surface area contributed by atoms with E-state index >= 15 is 0 Å². The number of carbonyl (C=O) groups is 1. The van der Waals surface area contributed by atoms with Crippen molar-refractivity contribution in [1.29, 1.82) is 0 Å². The van der Waals surface area contributed by atoms with Gasteiger partial charge in [-0.3, -0.25) is 4.79 Å². The van der Waals surface area contributed by atoms with E-state index in [0.29, 0.717) is 24.3 Å². The monoisotopic (exact) mass is 334 g/mol. The first-order chi connectivity index (χ1) is 11.5. The molecule has 0 aromatic carbocycles. The summed E-state index contributed by atoms with van der Waals surface area (Å²) in [6.07, 6.45) is 5.85. The number of hydrogen-bond acceptors (Lipinski definition) is 4. The predicted molar refractivity (Wildman–Crippen MR) is 91.3 cm³/mol. The standard InChI is InChI=1S/C18H30N4O2/c1-12(2)14-7-6-13(3)9-15(14)24-11-18(23)19-10-17-21-20-16-5-4-8-22(16)17/h12-15H,4-11H2,1-3H3,(H,19,23)/t13-,14-,15+/m1/s1. The van der Waals surface area contributed by atoms with E-state index in [1.807, 2.05) is 0 Å². The van der Waals surface area contributed by atoms with Gasteiger partial charge in [-0.05, 0) is 37.0 Å². The van der Waals surface area contributed by atoms with Crippen LogP contribution in [0.1, 0.15) is 58.1 Å². The molecule has 134 valence electrons. The number of carbonyl (C=O) groups excluding carboxylic acids is 1. The van der Waals surface area contributed by atoms with E-state index in [0.717, 1.165) is 37.5 Å². The van der Waals surface area contributed by atoms with Gasteiger partial charge in [-0.15, -0.1) is 10.2 Å². The van der Waals surface area contributed by atoms with E-state index in [2.05, 4.69) is 40.9 Å². The Bertz CT molecular complexity index is 569. The number of hydrogen-bond donors (Lipinski definition) is 1. The zero-order chi connectivity index (χ0) is 17.1. The largest absolute Gasteiger partial charge is 0.368 e. The second-order valence-corrected chi connectivity index (χ2v) is 7.74. The van der Waals surface area contributed by atoms with Crippen LogP contribution in [0.3, 0.4) is 0 Å². The van der Waals surface area contributed by atoms with Crippen molar-refractivity contribution in [3.05, 3.63) is 11.6 Å². The fourth-order valence-electron chi connectivity index (χ4n) is 4.06. The minimum absolute atomic E-state index is 0.0638. The van der Waals surface area contributed by atoms with Crippen LogP contribution in [0.5, 0.6) is 0 Å². The van der Waals surface area contributed by atoms with Gasteiger partial charge in [0.2, 0.25) is 5.91 Å². The summed E-state index contributed by atoms with van der Waals surface area (Å²) in [6, 6.07) is 0. The van der Waals surface area contributed by atoms with Crippen molar-refractivity contribution in [2.24, 2.45) is 17.8 Å². The van der Waals surface area contributed by atoms with E-state index in [1.165, 1.54) is 12.8 Å². The Hall–Kier alpha value is -1.43. The van der Waals surface area contributed by atoms with Crippen LogP contribution in [0.2, 0.25) is 0 Å². The number of amides is 1. The van der Waals surface area contributed by atoms with Crippen LogP contribution >= 0.6 is 0 Å². The molecular formula is C18H30N4O2. The van der Waals surface area contributed by atoms with E-state index in [4.69, 9.17) is 4.74 Å². The van der Waals surface area contributed by atoms with Crippen LogP contribution in [0.15, 0.2) is 0 Å². The Labute approximate surface area is 144 Å². The van der Waals surface area contributed by atoms with Crippen LogP contribution in [-0.4, -0.2) is 33.4 Å². The van der Waals surface area contributed by atoms with Crippen molar-refractivity contribution in [3.63, 3.8) is 0 Å². The van der Waals surface area contributed by atoms with Crippen LogP contribution in [-0.2, 0) is 29.0 Å². The summed E-state index contributed by atoms with van der Waals surface area (Å²) in [5.41, 5.74) is 0. The van der Waals surface area contributed by atoms with Crippen molar-refractivity contribution in [2.75, 3.05) is 6.61 Å². The van der Waals surface area contributed by atoms with Crippen molar-refractivity contribution < 1.29 is 9.53 Å². The quantitative estimate of drug-likeness (QED) is 0.867. The SMILES string of the molecule is CC(C)[C@H]1CC[C@@H](C)C[C@@H]1OCC(=O)NCc1nnc2n1CCC2. The summed E-state index contributed by atoms with van der Waals surface area (Å²) in [5, 5.41) is 11.2. The third kappa shape index (κ3) is 3.97. The summed E-state index contributed by atoms with van der Waals surface area (Å²) in [7, 11) is 0. The molecule has 2 aliphatic rings. The molecular weight excluding hydrogens is 304 g/mol. The molecule has 0 bridgehead atoms. The van der Waals surface area contributed by atoms with Crippen molar-refractivity contribution in [3.8, 4) is 0 Å². The third-order valence-electron chi connectivity index (χ3n) is 5.52. The number of rotatable bonds is 6. The highest BCUT2D eigenvalue weighted by Gasteiger charge is 2.31. The highest BCUT2D eigenvalue weighted by Crippen LogP contribution is 2.35. The molecule has 1 saturated carbocycles. The lowest BCUT2D eigenvalue weighted by Crippen LogP contribution is -2.37. The van der Waals surface area contributed by atoms with Gasteiger partial charge in [-0.1, -0.05) is 27.2 Å². The maximum Gasteiger partial charge on any atom is 0.246 e. The molecule has 1 N–H and O–H groups in total. The average molecular weight is 334 g/mol. The lowest BCUT2D eigenvalue weighted by molar-refractivity contribution is -0.131. The van der Waals surface area contributed by atoms with Crippen molar-refractivity contribution >= 4 is 5.91 Å². The lowest BCUT2D eigenvalue weighted by Gasteiger charge is -2.37. The van der Waals surface area contributed by atoms with Crippen LogP contribution in [0, 0.1) is 17.8 Å². The highest BCUT2D eigenvalue weighted by atomic mass is 16.5. The Morgan fingerprint density at radius 2 is 2.21 bits per heavy atom. The summed E-state index contributed by atoms with van der Waals surface area (Å²) < 4.78 is 8.11. The molecule has 1 aromatic rings. The zero-order valence-electron chi connectivity index (χ0n) is 15.1. The van der Waals surface area contributed by atoms with Gasteiger partial charge in [-0.25, -0.2) is 0 Å². The summed E-state index contributed by atoms with van der Waals surface area (Å²) in [4.78, 5) is 12.1. The summed E-state index contributed by atoms with van der Waals surface area (Å²) >= 11 is 0. The maximum atomic E-state index is 12.1. The first kappa shape index (κ1) is 17.4. The van der Waals surface area contributed by atoms with Gasteiger partial charge in [0.05, 0.1) is 12.6 Å². The number of nitrogens with zero attached hydrogens (tertiary/aromatic N) is 3. The van der Waals surface area contributed by atoms with Crippen molar-refractivity contribution in [2.45, 2.75) is 72.1 Å². The van der Waals surface area contributed by atoms with Gasteiger partial charge in [-0.2, -0.15) is 0 Å². The number of aromatic nitrogens is 3. The van der Waals surface area contributed by atoms with E-state index in [1.54, 1.807) is 0 Å². The molecule has 3 rings (SSSR count). The fourth-order valence-corrected chi connectivity index (χ4v) is 4.06. The maximum absolute atomic E-state index is 12.1. The normalized spacial score (nSPS) is 26.6. The first-order valence-electron chi connectivity index (χ1n) is 9.34. The molecule has 1 amide bonds. The molecule has 1 aliphatic heterocycles. The average Bonchev–Trinajstić information content (AvgIpc) is 3.14. The lowest BCUT2D eigenvalue weighted by atomic mass is 9.75. The molecule has 6 heteroatoms. The second kappa shape index (κ2) is 7.64. The number of ether oxygens (including phenoxy) is 1. The molecule has 1 aromatic heterocycles. The van der Waals surface area contributed by atoms with Crippen molar-refractivity contribution in [1.82, 2.24) is 20.1 Å². The minimum atomic E-state index is -0.0638. The number of fused-ring (bicyclic) bond motifs is 1. The van der Waals surface area contributed by atoms with Crippen LogP contribution < -0.4 is 5.32 Å². The second-order valence-electron chi connectivity index (χ2n) is 7.74. The highest BCUT2D eigenvalue weighted by molar-refractivity contribution is 5.77.